The van der Waals surface area contributed by atoms with Gasteiger partial charge in [-0.1, -0.05) is 12.1 Å². The maximum absolute atomic E-state index is 10.8. The largest absolute Gasteiger partial charge is 0.370 e. The van der Waals surface area contributed by atoms with Crippen molar-refractivity contribution < 1.29 is 4.92 Å². The van der Waals surface area contributed by atoms with E-state index in [0.717, 1.165) is 53.0 Å². The van der Waals surface area contributed by atoms with E-state index in [1.165, 1.54) is 12.1 Å². The Morgan fingerprint density at radius 2 is 1.93 bits per heavy atom. The maximum atomic E-state index is 10.8. The summed E-state index contributed by atoms with van der Waals surface area (Å²) in [4.78, 5) is 19.7. The number of para-hydroxylation sites is 2. The highest BCUT2D eigenvalue weighted by molar-refractivity contribution is 5.82. The quantitative estimate of drug-likeness (QED) is 0.318. The molecule has 27 heavy (non-hydrogen) atoms. The van der Waals surface area contributed by atoms with Crippen LogP contribution in [-0.2, 0) is 13.5 Å². The van der Waals surface area contributed by atoms with E-state index in [4.69, 9.17) is 0 Å². The summed E-state index contributed by atoms with van der Waals surface area (Å²) >= 11 is 0. The fourth-order valence-electron chi connectivity index (χ4n) is 3.21. The number of imidazole rings is 1. The van der Waals surface area contributed by atoms with Crippen LogP contribution in [0, 0.1) is 10.1 Å². The summed E-state index contributed by atoms with van der Waals surface area (Å²) in [6.07, 6.45) is 1.80. The van der Waals surface area contributed by atoms with Crippen LogP contribution in [0.2, 0.25) is 0 Å². The van der Waals surface area contributed by atoms with E-state index in [2.05, 4.69) is 25.9 Å². The molecule has 2 aromatic heterocycles. The Labute approximate surface area is 155 Å². The number of hydrogen-bond acceptors (Lipinski definition) is 5. The summed E-state index contributed by atoms with van der Waals surface area (Å²) in [5.41, 5.74) is 2.98. The summed E-state index contributed by atoms with van der Waals surface area (Å²) in [5, 5.41) is 14.9. The third-order valence-corrected chi connectivity index (χ3v) is 4.65. The van der Waals surface area contributed by atoms with Crippen LogP contribution in [0.1, 0.15) is 12.2 Å². The van der Waals surface area contributed by atoms with Crippen molar-refractivity contribution in [2.24, 2.45) is 7.05 Å². The lowest BCUT2D eigenvalue weighted by atomic mass is 10.2. The summed E-state index contributed by atoms with van der Waals surface area (Å²) in [6, 6.07) is 16.5. The number of rotatable bonds is 6. The van der Waals surface area contributed by atoms with E-state index in [0.29, 0.717) is 0 Å². The molecular formula is C20H19N5O2. The van der Waals surface area contributed by atoms with Gasteiger partial charge >= 0.3 is 0 Å². The SMILES string of the molecule is Cn1c(CCCNc2ccc3cc([N+](=O)[O-])ccc3n2)nc2ccccc21. The van der Waals surface area contributed by atoms with Crippen molar-refractivity contribution in [2.75, 3.05) is 11.9 Å². The lowest BCUT2D eigenvalue weighted by Crippen LogP contribution is -2.06. The molecule has 2 aromatic carbocycles. The highest BCUT2D eigenvalue weighted by atomic mass is 16.6. The van der Waals surface area contributed by atoms with Crippen molar-refractivity contribution in [3.8, 4) is 0 Å². The molecule has 0 radical (unpaired) electrons. The Hall–Kier alpha value is -3.48. The van der Waals surface area contributed by atoms with Gasteiger partial charge in [0.1, 0.15) is 11.6 Å². The van der Waals surface area contributed by atoms with E-state index >= 15 is 0 Å². The average Bonchev–Trinajstić information content (AvgIpc) is 3.00. The number of anilines is 1. The van der Waals surface area contributed by atoms with Gasteiger partial charge in [-0.05, 0) is 36.8 Å². The van der Waals surface area contributed by atoms with Crippen molar-refractivity contribution in [2.45, 2.75) is 12.8 Å². The molecule has 0 fully saturated rings. The van der Waals surface area contributed by atoms with Crippen LogP contribution < -0.4 is 5.32 Å². The van der Waals surface area contributed by atoms with Gasteiger partial charge in [-0.25, -0.2) is 9.97 Å². The first-order chi connectivity index (χ1) is 13.1. The molecule has 0 amide bonds. The van der Waals surface area contributed by atoms with Crippen LogP contribution in [0.5, 0.6) is 0 Å². The number of nitrogens with zero attached hydrogens (tertiary/aromatic N) is 4. The van der Waals surface area contributed by atoms with Crippen molar-refractivity contribution in [1.29, 1.82) is 0 Å². The summed E-state index contributed by atoms with van der Waals surface area (Å²) in [6.45, 7) is 0.773. The third kappa shape index (κ3) is 3.44. The van der Waals surface area contributed by atoms with Crippen molar-refractivity contribution in [3.63, 3.8) is 0 Å². The second-order valence-electron chi connectivity index (χ2n) is 6.44. The topological polar surface area (TPSA) is 85.9 Å². The number of fused-ring (bicyclic) bond motifs is 2. The van der Waals surface area contributed by atoms with Gasteiger partial charge in [0.2, 0.25) is 0 Å². The van der Waals surface area contributed by atoms with Crippen LogP contribution in [0.15, 0.2) is 54.6 Å². The minimum absolute atomic E-state index is 0.0764. The average molecular weight is 361 g/mol. The zero-order valence-corrected chi connectivity index (χ0v) is 14.9. The molecule has 4 aromatic rings. The minimum atomic E-state index is -0.396. The molecule has 0 spiro atoms. The first-order valence-electron chi connectivity index (χ1n) is 8.81. The standard InChI is InChI=1S/C20H19N5O2/c1-24-18-6-3-2-5-17(18)23-20(24)7-4-12-21-19-11-8-14-13-15(25(26)27)9-10-16(14)22-19/h2-3,5-6,8-11,13H,4,7,12H2,1H3,(H,21,22). The fourth-order valence-corrected chi connectivity index (χ4v) is 3.21. The molecule has 0 saturated carbocycles. The molecule has 136 valence electrons. The zero-order valence-electron chi connectivity index (χ0n) is 14.9. The number of nitrogens with one attached hydrogen (secondary N) is 1. The van der Waals surface area contributed by atoms with E-state index < -0.39 is 4.92 Å². The Balaban J connectivity index is 1.39. The summed E-state index contributed by atoms with van der Waals surface area (Å²) in [7, 11) is 2.04. The molecule has 1 N–H and O–H groups in total. The Morgan fingerprint density at radius 3 is 2.74 bits per heavy atom. The normalized spacial score (nSPS) is 11.1. The van der Waals surface area contributed by atoms with Gasteiger partial charge in [-0.2, -0.15) is 0 Å². The molecule has 0 aliphatic rings. The Morgan fingerprint density at radius 1 is 1.07 bits per heavy atom. The Kier molecular flexibility index (Phi) is 4.42. The van der Waals surface area contributed by atoms with Gasteiger partial charge in [0.25, 0.3) is 5.69 Å². The highest BCUT2D eigenvalue weighted by Gasteiger charge is 2.08. The van der Waals surface area contributed by atoms with Gasteiger partial charge in [0, 0.05) is 37.5 Å². The number of nitro benzene ring substituents is 1. The monoisotopic (exact) mass is 361 g/mol. The molecule has 0 aliphatic heterocycles. The summed E-state index contributed by atoms with van der Waals surface area (Å²) < 4.78 is 2.14. The molecule has 0 bridgehead atoms. The zero-order chi connectivity index (χ0) is 18.8. The predicted octanol–water partition coefficient (Wildman–Crippen LogP) is 4.07. The van der Waals surface area contributed by atoms with Crippen molar-refractivity contribution >= 4 is 33.4 Å². The second-order valence-corrected chi connectivity index (χ2v) is 6.44. The van der Waals surface area contributed by atoms with Gasteiger partial charge < -0.3 is 9.88 Å². The number of non-ortho nitro benzene ring substituents is 1. The molecule has 0 unspecified atom stereocenters. The molecular weight excluding hydrogens is 342 g/mol. The van der Waals surface area contributed by atoms with Crippen LogP contribution >= 0.6 is 0 Å². The van der Waals surface area contributed by atoms with Crippen LogP contribution in [0.25, 0.3) is 21.9 Å². The minimum Gasteiger partial charge on any atom is -0.370 e. The van der Waals surface area contributed by atoms with Crippen LogP contribution in [0.4, 0.5) is 11.5 Å². The molecule has 7 heteroatoms. The van der Waals surface area contributed by atoms with Gasteiger partial charge in [-0.3, -0.25) is 10.1 Å². The molecule has 0 aliphatic carbocycles. The third-order valence-electron chi connectivity index (χ3n) is 4.65. The molecule has 0 atom stereocenters. The number of hydrogen-bond donors (Lipinski definition) is 1. The predicted molar refractivity (Wildman–Crippen MR) is 106 cm³/mol. The first-order valence-corrected chi connectivity index (χ1v) is 8.81. The van der Waals surface area contributed by atoms with Crippen LogP contribution in [0.3, 0.4) is 0 Å². The van der Waals surface area contributed by atoms with Crippen molar-refractivity contribution in [1.82, 2.24) is 14.5 Å². The Bertz CT molecular complexity index is 1140. The summed E-state index contributed by atoms with van der Waals surface area (Å²) in [5.74, 6) is 1.83. The molecule has 2 heterocycles. The van der Waals surface area contributed by atoms with Crippen molar-refractivity contribution in [3.05, 3.63) is 70.5 Å². The smallest absolute Gasteiger partial charge is 0.270 e. The van der Waals surface area contributed by atoms with E-state index in [1.54, 1.807) is 6.07 Å². The van der Waals surface area contributed by atoms with Gasteiger partial charge in [0.15, 0.2) is 0 Å². The van der Waals surface area contributed by atoms with E-state index in [1.807, 2.05) is 37.4 Å². The van der Waals surface area contributed by atoms with E-state index in [9.17, 15) is 10.1 Å². The molecule has 0 saturated heterocycles. The number of aromatic nitrogens is 3. The van der Waals surface area contributed by atoms with Gasteiger partial charge in [0.05, 0.1) is 21.5 Å². The molecule has 4 rings (SSSR count). The maximum Gasteiger partial charge on any atom is 0.270 e. The van der Waals surface area contributed by atoms with Crippen LogP contribution in [-0.4, -0.2) is 26.0 Å². The number of aryl methyl sites for hydroxylation is 2. The number of nitro groups is 1. The lowest BCUT2D eigenvalue weighted by Gasteiger charge is -2.07. The lowest BCUT2D eigenvalue weighted by molar-refractivity contribution is -0.384. The fraction of sp³-hybridized carbons (Fsp3) is 0.200. The number of pyridine rings is 1. The van der Waals surface area contributed by atoms with E-state index in [-0.39, 0.29) is 5.69 Å². The second kappa shape index (κ2) is 7.03. The molecule has 7 nitrogen and oxygen atoms in total. The number of benzene rings is 2. The first kappa shape index (κ1) is 17.0. The highest BCUT2D eigenvalue weighted by Crippen LogP contribution is 2.21. The van der Waals surface area contributed by atoms with Gasteiger partial charge in [-0.15, -0.1) is 0 Å².